The third-order valence-electron chi connectivity index (χ3n) is 8.10. The van der Waals surface area contributed by atoms with E-state index in [1.165, 1.54) is 12.1 Å². The monoisotopic (exact) mass is 605 g/mol. The van der Waals surface area contributed by atoms with Crippen molar-refractivity contribution in [1.82, 2.24) is 15.1 Å². The number of rotatable bonds is 10. The zero-order valence-corrected chi connectivity index (χ0v) is 25.5. The van der Waals surface area contributed by atoms with Gasteiger partial charge in [-0.3, -0.25) is 14.5 Å². The van der Waals surface area contributed by atoms with Gasteiger partial charge in [-0.15, -0.1) is 0 Å². The van der Waals surface area contributed by atoms with Crippen LogP contribution in [0.3, 0.4) is 0 Å². The van der Waals surface area contributed by atoms with E-state index in [9.17, 15) is 27.2 Å². The average molecular weight is 606 g/mol. The summed E-state index contributed by atoms with van der Waals surface area (Å²) in [6.07, 6.45) is -3.02. The standard InChI is InChI=1S/C30H44ClF4N3O3/c1-6-8-21(32)17-37-13-11-22(12-14-37)36-27(40)29(15-26(39)41-28(3,4)5)19-38(16-20(29)2)18-23-24(30(33,34)35)9-7-10-25(23)31/h7,9-10,20-22H,6,8,11-19H2,1-5H3,(H,36,40)/t20-,21?,29+/m1/s1. The van der Waals surface area contributed by atoms with Crippen LogP contribution in [0.15, 0.2) is 18.2 Å². The molecule has 3 rings (SSSR count). The normalized spacial score (nSPS) is 23.9. The lowest BCUT2D eigenvalue weighted by molar-refractivity contribution is -0.161. The maximum atomic E-state index is 14.1. The molecule has 2 fully saturated rings. The fourth-order valence-electron chi connectivity index (χ4n) is 6.03. The zero-order valence-electron chi connectivity index (χ0n) is 24.8. The van der Waals surface area contributed by atoms with E-state index in [1.54, 1.807) is 25.7 Å². The molecule has 11 heteroatoms. The van der Waals surface area contributed by atoms with Gasteiger partial charge in [0.25, 0.3) is 0 Å². The van der Waals surface area contributed by atoms with E-state index in [0.717, 1.165) is 12.5 Å². The summed E-state index contributed by atoms with van der Waals surface area (Å²) in [4.78, 5) is 30.8. The first kappa shape index (κ1) is 33.6. The lowest BCUT2D eigenvalue weighted by atomic mass is 9.75. The number of hydrogen-bond acceptors (Lipinski definition) is 5. The second kappa shape index (κ2) is 13.6. The maximum Gasteiger partial charge on any atom is 0.416 e. The quantitative estimate of drug-likeness (QED) is 0.252. The lowest BCUT2D eigenvalue weighted by Crippen LogP contribution is -2.53. The van der Waals surface area contributed by atoms with Crippen molar-refractivity contribution >= 4 is 23.5 Å². The highest BCUT2D eigenvalue weighted by molar-refractivity contribution is 6.31. The summed E-state index contributed by atoms with van der Waals surface area (Å²) < 4.78 is 61.0. The van der Waals surface area contributed by atoms with Crippen LogP contribution in [0, 0.1) is 11.3 Å². The van der Waals surface area contributed by atoms with Crippen LogP contribution < -0.4 is 5.32 Å². The van der Waals surface area contributed by atoms with Crippen LogP contribution in [0.1, 0.15) is 77.8 Å². The third kappa shape index (κ3) is 9.04. The Labute approximate surface area is 246 Å². The predicted octanol–water partition coefficient (Wildman–Crippen LogP) is 6.25. The van der Waals surface area contributed by atoms with Crippen molar-refractivity contribution in [2.24, 2.45) is 11.3 Å². The highest BCUT2D eigenvalue weighted by atomic mass is 35.5. The summed E-state index contributed by atoms with van der Waals surface area (Å²) in [6, 6.07) is 3.55. The Hall–Kier alpha value is -1.91. The van der Waals surface area contributed by atoms with Gasteiger partial charge in [0.15, 0.2) is 0 Å². The van der Waals surface area contributed by atoms with E-state index in [1.807, 2.05) is 13.8 Å². The Morgan fingerprint density at radius 1 is 1.17 bits per heavy atom. The molecule has 1 aromatic carbocycles. The van der Waals surface area contributed by atoms with Crippen LogP contribution in [-0.2, 0) is 27.0 Å². The summed E-state index contributed by atoms with van der Waals surface area (Å²) in [6.45, 7) is 11.0. The smallest absolute Gasteiger partial charge is 0.416 e. The maximum absolute atomic E-state index is 14.1. The summed E-state index contributed by atoms with van der Waals surface area (Å²) >= 11 is 6.22. The van der Waals surface area contributed by atoms with Crippen molar-refractivity contribution in [2.75, 3.05) is 32.7 Å². The third-order valence-corrected chi connectivity index (χ3v) is 8.45. The van der Waals surface area contributed by atoms with Crippen molar-refractivity contribution in [3.05, 3.63) is 34.3 Å². The molecule has 0 spiro atoms. The number of alkyl halides is 4. The summed E-state index contributed by atoms with van der Waals surface area (Å²) in [7, 11) is 0. The van der Waals surface area contributed by atoms with E-state index in [4.69, 9.17) is 16.3 Å². The van der Waals surface area contributed by atoms with Gasteiger partial charge in [-0.05, 0) is 63.6 Å². The van der Waals surface area contributed by atoms with E-state index < -0.39 is 34.9 Å². The van der Waals surface area contributed by atoms with Crippen molar-refractivity contribution in [2.45, 2.75) is 97.3 Å². The fraction of sp³-hybridized carbons (Fsp3) is 0.733. The minimum Gasteiger partial charge on any atom is -0.460 e. The molecule has 232 valence electrons. The molecular formula is C30H44ClF4N3O3. The fourth-order valence-corrected chi connectivity index (χ4v) is 6.26. The van der Waals surface area contributed by atoms with Crippen LogP contribution in [0.5, 0.6) is 0 Å². The summed E-state index contributed by atoms with van der Waals surface area (Å²) in [5.74, 6) is -1.18. The van der Waals surface area contributed by atoms with E-state index >= 15 is 0 Å². The predicted molar refractivity (Wildman–Crippen MR) is 151 cm³/mol. The first-order valence-corrected chi connectivity index (χ1v) is 14.9. The number of esters is 1. The first-order valence-electron chi connectivity index (χ1n) is 14.5. The Kier molecular flexibility index (Phi) is 11.1. The number of hydrogen-bond donors (Lipinski definition) is 1. The highest BCUT2D eigenvalue weighted by Crippen LogP contribution is 2.43. The Morgan fingerprint density at radius 2 is 1.83 bits per heavy atom. The molecule has 2 aliphatic heterocycles. The molecule has 1 amide bonds. The molecular weight excluding hydrogens is 562 g/mol. The molecule has 2 aliphatic rings. The van der Waals surface area contributed by atoms with Gasteiger partial charge in [-0.2, -0.15) is 13.2 Å². The van der Waals surface area contributed by atoms with Crippen LogP contribution in [0.4, 0.5) is 17.6 Å². The molecule has 0 saturated carbocycles. The van der Waals surface area contributed by atoms with E-state index in [0.29, 0.717) is 45.4 Å². The molecule has 1 unspecified atom stereocenters. The van der Waals surface area contributed by atoms with Crippen LogP contribution in [0.2, 0.25) is 5.02 Å². The number of ether oxygens (including phenoxy) is 1. The van der Waals surface area contributed by atoms with Gasteiger partial charge in [-0.1, -0.05) is 37.9 Å². The molecule has 2 heterocycles. The molecule has 41 heavy (non-hydrogen) atoms. The Morgan fingerprint density at radius 3 is 2.41 bits per heavy atom. The number of amides is 1. The molecule has 3 atom stereocenters. The topological polar surface area (TPSA) is 61.9 Å². The van der Waals surface area contributed by atoms with Crippen LogP contribution in [0.25, 0.3) is 0 Å². The minimum atomic E-state index is -4.58. The average Bonchev–Trinajstić information content (AvgIpc) is 3.15. The Balaban J connectivity index is 1.78. The van der Waals surface area contributed by atoms with Crippen molar-refractivity contribution < 1.29 is 31.9 Å². The van der Waals surface area contributed by atoms with Crippen molar-refractivity contribution in [3.63, 3.8) is 0 Å². The number of nitrogens with zero attached hydrogens (tertiary/aromatic N) is 2. The SMILES string of the molecule is CCCC(F)CN1CCC(NC(=O)[C@@]2(CC(=O)OC(C)(C)C)CN(Cc3c(Cl)cccc3C(F)(F)F)C[C@H]2C)CC1. The van der Waals surface area contributed by atoms with Crippen LogP contribution >= 0.6 is 11.6 Å². The second-order valence-electron chi connectivity index (χ2n) is 12.7. The minimum absolute atomic E-state index is 0.00258. The number of benzene rings is 1. The van der Waals surface area contributed by atoms with E-state index in [-0.39, 0.29) is 48.0 Å². The first-order chi connectivity index (χ1) is 19.0. The molecule has 0 aliphatic carbocycles. The second-order valence-corrected chi connectivity index (χ2v) is 13.1. The van der Waals surface area contributed by atoms with Crippen LogP contribution in [-0.4, -0.2) is 72.2 Å². The number of nitrogens with one attached hydrogen (secondary N) is 1. The largest absolute Gasteiger partial charge is 0.460 e. The van der Waals surface area contributed by atoms with E-state index in [2.05, 4.69) is 10.2 Å². The summed E-state index contributed by atoms with van der Waals surface area (Å²) in [5, 5.41) is 3.13. The molecule has 1 N–H and O–H groups in total. The van der Waals surface area contributed by atoms with Gasteiger partial charge >= 0.3 is 12.1 Å². The molecule has 1 aromatic rings. The number of carbonyl (C=O) groups excluding carboxylic acids is 2. The number of carbonyl (C=O) groups is 2. The van der Waals surface area contributed by atoms with Gasteiger partial charge < -0.3 is 15.0 Å². The van der Waals surface area contributed by atoms with Gasteiger partial charge in [-0.25, -0.2) is 4.39 Å². The number of halogens is 5. The zero-order chi connectivity index (χ0) is 30.6. The number of likely N-dealkylation sites (tertiary alicyclic amines) is 2. The summed E-state index contributed by atoms with van der Waals surface area (Å²) in [5.41, 5.74) is -2.81. The van der Waals surface area contributed by atoms with Gasteiger partial charge in [0, 0.05) is 50.3 Å². The van der Waals surface area contributed by atoms with Gasteiger partial charge in [0.2, 0.25) is 5.91 Å². The van der Waals surface area contributed by atoms with Gasteiger partial charge in [0.05, 0.1) is 17.4 Å². The number of piperidine rings is 1. The Bertz CT molecular complexity index is 1060. The van der Waals surface area contributed by atoms with Gasteiger partial charge in [0.1, 0.15) is 11.8 Å². The van der Waals surface area contributed by atoms with Crippen molar-refractivity contribution in [1.29, 1.82) is 0 Å². The lowest BCUT2D eigenvalue weighted by Gasteiger charge is -2.37. The molecule has 6 nitrogen and oxygen atoms in total. The molecule has 2 saturated heterocycles. The van der Waals surface area contributed by atoms with Crippen molar-refractivity contribution in [3.8, 4) is 0 Å². The molecule has 0 bridgehead atoms. The molecule has 0 radical (unpaired) electrons. The molecule has 0 aromatic heterocycles. The highest BCUT2D eigenvalue weighted by Gasteiger charge is 2.52.